The van der Waals surface area contributed by atoms with Crippen LogP contribution in [0.4, 0.5) is 14.6 Å². The van der Waals surface area contributed by atoms with Crippen molar-refractivity contribution >= 4 is 28.9 Å². The minimum atomic E-state index is -3.10. The summed E-state index contributed by atoms with van der Waals surface area (Å²) in [6.07, 6.45) is 2.14. The fourth-order valence-electron chi connectivity index (χ4n) is 4.10. The molecule has 1 aliphatic heterocycles. The molecule has 0 bridgehead atoms. The van der Waals surface area contributed by atoms with E-state index in [-0.39, 0.29) is 23.3 Å². The average Bonchev–Trinajstić information content (AvgIpc) is 3.45. The lowest BCUT2D eigenvalue weighted by molar-refractivity contribution is -0.124. The first kappa shape index (κ1) is 25.5. The van der Waals surface area contributed by atoms with Crippen LogP contribution in [0.25, 0.3) is 17.0 Å². The number of nitrogens with zero attached hydrogens (tertiary/aromatic N) is 6. The smallest absolute Gasteiger partial charge is 0.303 e. The molecule has 0 radical (unpaired) electrons. The number of carbonyl (C=O) groups is 1. The van der Waals surface area contributed by atoms with Crippen LogP contribution >= 0.6 is 11.6 Å². The zero-order chi connectivity index (χ0) is 26.2. The van der Waals surface area contributed by atoms with E-state index in [0.29, 0.717) is 53.1 Å². The van der Waals surface area contributed by atoms with Gasteiger partial charge in [0.2, 0.25) is 5.88 Å². The van der Waals surface area contributed by atoms with Gasteiger partial charge in [-0.3, -0.25) is 4.79 Å². The predicted octanol–water partition coefficient (Wildman–Crippen LogP) is 4.08. The fraction of sp³-hybridized carbons (Fsp3) is 0.375. The van der Waals surface area contributed by atoms with Crippen molar-refractivity contribution in [2.45, 2.75) is 32.2 Å². The van der Waals surface area contributed by atoms with Crippen LogP contribution in [0.1, 0.15) is 30.4 Å². The molecule has 0 saturated carbocycles. The lowest BCUT2D eigenvalue weighted by atomic mass is 10.1. The molecule has 1 N–H and O–H groups in total. The Labute approximate surface area is 212 Å². The number of halogens is 3. The van der Waals surface area contributed by atoms with Crippen LogP contribution in [-0.4, -0.2) is 61.8 Å². The first-order valence-corrected chi connectivity index (χ1v) is 11.6. The zero-order valence-electron chi connectivity index (χ0n) is 20.3. The van der Waals surface area contributed by atoms with Gasteiger partial charge in [-0.1, -0.05) is 18.2 Å². The van der Waals surface area contributed by atoms with Gasteiger partial charge in [-0.05, 0) is 25.5 Å². The normalized spacial score (nSPS) is 15.8. The minimum absolute atomic E-state index is 0.0275. The third-order valence-corrected chi connectivity index (χ3v) is 6.23. The molecule has 36 heavy (non-hydrogen) atoms. The number of pyridine rings is 2. The number of anilines is 1. The molecule has 1 fully saturated rings. The largest absolute Gasteiger partial charge is 0.481 e. The van der Waals surface area contributed by atoms with Gasteiger partial charge in [-0.15, -0.1) is 0 Å². The van der Waals surface area contributed by atoms with E-state index in [1.54, 1.807) is 30.0 Å². The summed E-state index contributed by atoms with van der Waals surface area (Å²) >= 11 is 6.22. The summed E-state index contributed by atoms with van der Waals surface area (Å²) in [7, 11) is 2.92. The number of alkyl halides is 2. The first-order valence-electron chi connectivity index (χ1n) is 11.2. The number of ether oxygens (including phenoxy) is 1. The van der Waals surface area contributed by atoms with E-state index in [1.165, 1.54) is 20.4 Å². The molecule has 1 saturated heterocycles. The number of nitrogens with one attached hydrogen (secondary N) is 1. The Hall–Kier alpha value is -3.60. The maximum Gasteiger partial charge on any atom is 0.303 e. The van der Waals surface area contributed by atoms with Crippen molar-refractivity contribution in [1.82, 2.24) is 29.6 Å². The van der Waals surface area contributed by atoms with Gasteiger partial charge in [0.25, 0.3) is 5.91 Å². The molecule has 1 atom stereocenters. The molecule has 190 valence electrons. The van der Waals surface area contributed by atoms with E-state index >= 15 is 0 Å². The number of amides is 1. The highest BCUT2D eigenvalue weighted by atomic mass is 35.5. The van der Waals surface area contributed by atoms with Crippen molar-refractivity contribution in [3.05, 3.63) is 53.1 Å². The number of methoxy groups -OCH3 is 1. The summed E-state index contributed by atoms with van der Waals surface area (Å²) in [5.41, 5.74) is 1.90. The minimum Gasteiger partial charge on any atom is -0.481 e. The SMILES string of the molecule is C=C(C(=O)N1CCC(Nc2ccc(-c3nc(C(C)(F)F)n(C)n3)c(C)n2)C1)c1cc(OC)ncc1Cl. The van der Waals surface area contributed by atoms with E-state index in [1.807, 2.05) is 0 Å². The second-order valence-electron chi connectivity index (χ2n) is 8.67. The number of aryl methyl sites for hydroxylation is 2. The molecule has 0 aliphatic carbocycles. The summed E-state index contributed by atoms with van der Waals surface area (Å²) in [5.74, 6) is -2.60. The maximum atomic E-state index is 13.7. The summed E-state index contributed by atoms with van der Waals surface area (Å²) in [5, 5.41) is 7.78. The Morgan fingerprint density at radius 2 is 2.08 bits per heavy atom. The van der Waals surface area contributed by atoms with Gasteiger partial charge in [-0.25, -0.2) is 19.6 Å². The van der Waals surface area contributed by atoms with Gasteiger partial charge < -0.3 is 15.0 Å². The molecule has 1 amide bonds. The van der Waals surface area contributed by atoms with E-state index in [2.05, 4.69) is 31.9 Å². The lowest BCUT2D eigenvalue weighted by Crippen LogP contribution is -2.32. The van der Waals surface area contributed by atoms with Gasteiger partial charge >= 0.3 is 5.92 Å². The molecule has 4 heterocycles. The van der Waals surface area contributed by atoms with Crippen LogP contribution in [0.15, 0.2) is 31.0 Å². The van der Waals surface area contributed by atoms with Gasteiger partial charge in [0.1, 0.15) is 5.82 Å². The van der Waals surface area contributed by atoms with Crippen LogP contribution in [-0.2, 0) is 17.8 Å². The summed E-state index contributed by atoms with van der Waals surface area (Å²) in [6, 6.07) is 5.05. The standard InChI is InChI=1S/C24H26ClF2N7O2/c1-13(17-10-20(36-5)28-11-18(17)25)22(35)34-9-8-15(12-34)30-19-7-6-16(14(2)29-19)21-31-23(24(3,26)27)33(4)32-21/h6-7,10-11,15H,1,8-9,12H2,2-5H3,(H,29,30). The van der Waals surface area contributed by atoms with Crippen LogP contribution in [0.3, 0.4) is 0 Å². The molecule has 0 aromatic carbocycles. The second-order valence-corrected chi connectivity index (χ2v) is 9.07. The fourth-order valence-corrected chi connectivity index (χ4v) is 4.32. The van der Waals surface area contributed by atoms with Crippen LogP contribution in [0, 0.1) is 6.92 Å². The first-order chi connectivity index (χ1) is 17.0. The third-order valence-electron chi connectivity index (χ3n) is 5.93. The highest BCUT2D eigenvalue weighted by Gasteiger charge is 2.32. The number of hydrogen-bond acceptors (Lipinski definition) is 7. The average molecular weight is 518 g/mol. The Balaban J connectivity index is 1.43. The van der Waals surface area contributed by atoms with Gasteiger partial charge in [-0.2, -0.15) is 13.9 Å². The summed E-state index contributed by atoms with van der Waals surface area (Å²) in [6.45, 7) is 7.48. The zero-order valence-corrected chi connectivity index (χ0v) is 21.1. The van der Waals surface area contributed by atoms with E-state index < -0.39 is 11.7 Å². The molecule has 3 aromatic heterocycles. The quantitative estimate of drug-likeness (QED) is 0.471. The predicted molar refractivity (Wildman–Crippen MR) is 132 cm³/mol. The van der Waals surface area contributed by atoms with Crippen molar-refractivity contribution in [3.63, 3.8) is 0 Å². The van der Waals surface area contributed by atoms with Crippen LogP contribution in [0.2, 0.25) is 5.02 Å². The Bertz CT molecular complexity index is 1320. The number of likely N-dealkylation sites (tertiary alicyclic amines) is 1. The molecule has 0 spiro atoms. The number of rotatable bonds is 7. The molecule has 1 aliphatic rings. The number of hydrogen-bond donors (Lipinski definition) is 1. The molecule has 12 heteroatoms. The number of aromatic nitrogens is 5. The molecule has 9 nitrogen and oxygen atoms in total. The number of carbonyl (C=O) groups excluding carboxylic acids is 1. The van der Waals surface area contributed by atoms with E-state index in [9.17, 15) is 13.6 Å². The Kier molecular flexibility index (Phi) is 6.94. The van der Waals surface area contributed by atoms with E-state index in [4.69, 9.17) is 16.3 Å². The lowest BCUT2D eigenvalue weighted by Gasteiger charge is -2.19. The second kappa shape index (κ2) is 9.81. The monoisotopic (exact) mass is 517 g/mol. The Morgan fingerprint density at radius 1 is 1.33 bits per heavy atom. The highest BCUT2D eigenvalue weighted by Crippen LogP contribution is 2.30. The van der Waals surface area contributed by atoms with Crippen LogP contribution in [0.5, 0.6) is 5.88 Å². The molecular formula is C24H26ClF2N7O2. The van der Waals surface area contributed by atoms with Crippen molar-refractivity contribution in [2.24, 2.45) is 7.05 Å². The topological polar surface area (TPSA) is 98.1 Å². The highest BCUT2D eigenvalue weighted by molar-refractivity contribution is 6.34. The molecule has 4 rings (SSSR count). The molecular weight excluding hydrogens is 492 g/mol. The molecule has 1 unspecified atom stereocenters. The summed E-state index contributed by atoms with van der Waals surface area (Å²) < 4.78 is 33.7. The van der Waals surface area contributed by atoms with E-state index in [0.717, 1.165) is 11.6 Å². The van der Waals surface area contributed by atoms with Gasteiger partial charge in [0.15, 0.2) is 11.6 Å². The van der Waals surface area contributed by atoms with Crippen molar-refractivity contribution < 1.29 is 18.3 Å². The van der Waals surface area contributed by atoms with Crippen molar-refractivity contribution in [3.8, 4) is 17.3 Å². The third kappa shape index (κ3) is 5.15. The Morgan fingerprint density at radius 3 is 2.72 bits per heavy atom. The van der Waals surface area contributed by atoms with Gasteiger partial charge in [0.05, 0.1) is 24.0 Å². The van der Waals surface area contributed by atoms with Crippen molar-refractivity contribution in [1.29, 1.82) is 0 Å². The summed E-state index contributed by atoms with van der Waals surface area (Å²) in [4.78, 5) is 27.3. The van der Waals surface area contributed by atoms with Gasteiger partial charge in [0, 0.05) is 55.9 Å². The van der Waals surface area contributed by atoms with Crippen LogP contribution < -0.4 is 10.1 Å². The maximum absolute atomic E-state index is 13.7. The molecule has 3 aromatic rings. The van der Waals surface area contributed by atoms with Crippen molar-refractivity contribution in [2.75, 3.05) is 25.5 Å².